The van der Waals surface area contributed by atoms with Crippen molar-refractivity contribution >= 4 is 0 Å². The van der Waals surface area contributed by atoms with Crippen LogP contribution in [-0.2, 0) is 20.8 Å². The molecule has 140 valence electrons. The molecule has 4 rings (SSSR count). The third kappa shape index (κ3) is 4.45. The highest BCUT2D eigenvalue weighted by Gasteiger charge is 2.40. The fraction of sp³-hybridized carbons (Fsp3) is 0.800. The van der Waals surface area contributed by atoms with Crippen molar-refractivity contribution < 1.29 is 18.6 Å². The first-order valence-electron chi connectivity index (χ1n) is 9.88. The van der Waals surface area contributed by atoms with Crippen molar-refractivity contribution in [1.29, 1.82) is 0 Å². The maximum atomic E-state index is 6.35. The quantitative estimate of drug-likeness (QED) is 0.789. The van der Waals surface area contributed by atoms with E-state index in [9.17, 15) is 0 Å². The van der Waals surface area contributed by atoms with Crippen molar-refractivity contribution in [2.45, 2.75) is 63.8 Å². The highest BCUT2D eigenvalue weighted by atomic mass is 16.5. The normalized spacial score (nSPS) is 31.3. The van der Waals surface area contributed by atoms with E-state index in [2.05, 4.69) is 11.0 Å². The molecule has 5 heteroatoms. The van der Waals surface area contributed by atoms with Crippen LogP contribution in [0.2, 0.25) is 0 Å². The van der Waals surface area contributed by atoms with Crippen LogP contribution in [0.15, 0.2) is 16.5 Å². The average Bonchev–Trinajstić information content (AvgIpc) is 3.22. The van der Waals surface area contributed by atoms with Gasteiger partial charge in [-0.25, -0.2) is 0 Å². The predicted molar refractivity (Wildman–Crippen MR) is 94.5 cm³/mol. The van der Waals surface area contributed by atoms with E-state index in [1.807, 2.05) is 13.0 Å². The fourth-order valence-corrected chi connectivity index (χ4v) is 4.45. The maximum absolute atomic E-state index is 6.35. The Morgan fingerprint density at radius 3 is 2.76 bits per heavy atom. The number of aryl methyl sites for hydroxylation is 1. The molecule has 2 unspecified atom stereocenters. The number of likely N-dealkylation sites (tertiary alicyclic amines) is 1. The van der Waals surface area contributed by atoms with E-state index in [-0.39, 0.29) is 6.10 Å². The maximum Gasteiger partial charge on any atom is 0.118 e. The molecule has 4 heterocycles. The molecule has 0 aliphatic carbocycles. The van der Waals surface area contributed by atoms with Crippen LogP contribution >= 0.6 is 0 Å². The number of nitrogens with zero attached hydrogens (tertiary/aromatic N) is 1. The third-order valence-electron chi connectivity index (χ3n) is 5.90. The summed E-state index contributed by atoms with van der Waals surface area (Å²) in [5.74, 6) is 2.73. The first-order chi connectivity index (χ1) is 12.3. The summed E-state index contributed by atoms with van der Waals surface area (Å²) in [6.45, 7) is 7.41. The van der Waals surface area contributed by atoms with Gasteiger partial charge in [0.2, 0.25) is 0 Å². The van der Waals surface area contributed by atoms with Gasteiger partial charge in [-0.1, -0.05) is 0 Å². The number of furan rings is 1. The zero-order valence-corrected chi connectivity index (χ0v) is 15.3. The lowest BCUT2D eigenvalue weighted by molar-refractivity contribution is -0.105. The number of fused-ring (bicyclic) bond motifs is 1. The highest BCUT2D eigenvalue weighted by molar-refractivity contribution is 5.06. The molecule has 3 aliphatic heterocycles. The highest BCUT2D eigenvalue weighted by Crippen LogP contribution is 2.32. The minimum Gasteiger partial charge on any atom is -0.465 e. The summed E-state index contributed by atoms with van der Waals surface area (Å²) in [4.78, 5) is 2.53. The molecule has 0 radical (unpaired) electrons. The lowest BCUT2D eigenvalue weighted by Gasteiger charge is -2.36. The molecule has 5 nitrogen and oxygen atoms in total. The Hall–Kier alpha value is -0.880. The minimum absolute atomic E-state index is 0.270. The molecule has 0 saturated carbocycles. The Balaban J connectivity index is 1.20. The van der Waals surface area contributed by atoms with E-state index in [1.165, 1.54) is 6.42 Å². The molecule has 0 amide bonds. The lowest BCUT2D eigenvalue weighted by atomic mass is 9.99. The summed E-state index contributed by atoms with van der Waals surface area (Å²) in [6, 6.07) is 4.68. The molecule has 25 heavy (non-hydrogen) atoms. The van der Waals surface area contributed by atoms with E-state index in [1.54, 1.807) is 0 Å². The van der Waals surface area contributed by atoms with E-state index >= 15 is 0 Å². The molecule has 1 aromatic heterocycles. The molecule has 3 fully saturated rings. The van der Waals surface area contributed by atoms with E-state index in [0.717, 1.165) is 76.7 Å². The first kappa shape index (κ1) is 17.5. The molecule has 3 aliphatic rings. The summed E-state index contributed by atoms with van der Waals surface area (Å²) < 4.78 is 23.5. The van der Waals surface area contributed by atoms with Gasteiger partial charge in [-0.05, 0) is 57.1 Å². The summed E-state index contributed by atoms with van der Waals surface area (Å²) in [5.41, 5.74) is 0. The lowest BCUT2D eigenvalue weighted by Crippen LogP contribution is -2.43. The molecule has 0 spiro atoms. The zero-order chi connectivity index (χ0) is 17.1. The second-order valence-electron chi connectivity index (χ2n) is 7.81. The topological polar surface area (TPSA) is 44.1 Å². The van der Waals surface area contributed by atoms with Crippen LogP contribution in [-0.4, -0.2) is 56.1 Å². The van der Waals surface area contributed by atoms with Gasteiger partial charge >= 0.3 is 0 Å². The van der Waals surface area contributed by atoms with Crippen molar-refractivity contribution in [3.05, 3.63) is 23.7 Å². The molecule has 0 N–H and O–H groups in total. The van der Waals surface area contributed by atoms with E-state index < -0.39 is 0 Å². The Morgan fingerprint density at radius 1 is 1.08 bits per heavy atom. The van der Waals surface area contributed by atoms with Crippen LogP contribution in [0.25, 0.3) is 0 Å². The molecular formula is C20H31NO4. The van der Waals surface area contributed by atoms with Gasteiger partial charge in [-0.2, -0.15) is 0 Å². The Kier molecular flexibility index (Phi) is 5.76. The van der Waals surface area contributed by atoms with Crippen LogP contribution in [0.5, 0.6) is 0 Å². The van der Waals surface area contributed by atoms with Gasteiger partial charge in [0, 0.05) is 32.4 Å². The second kappa shape index (κ2) is 8.21. The van der Waals surface area contributed by atoms with Crippen molar-refractivity contribution in [2.24, 2.45) is 5.92 Å². The van der Waals surface area contributed by atoms with Gasteiger partial charge in [0.1, 0.15) is 11.5 Å². The first-order valence-corrected chi connectivity index (χ1v) is 9.88. The minimum atomic E-state index is 0.270. The number of rotatable bonds is 6. The van der Waals surface area contributed by atoms with Crippen LogP contribution < -0.4 is 0 Å². The largest absolute Gasteiger partial charge is 0.465 e. The number of ether oxygens (including phenoxy) is 3. The average molecular weight is 349 g/mol. The van der Waals surface area contributed by atoms with E-state index in [4.69, 9.17) is 18.6 Å². The van der Waals surface area contributed by atoms with Crippen molar-refractivity contribution in [2.75, 3.05) is 33.0 Å². The Bertz CT molecular complexity index is 540. The standard InChI is InChI=1S/C20H31NO4/c1-15-2-3-17(24-15)12-21-9-6-20-19(21)5-4-18(25-20)14-23-13-16-7-10-22-11-8-16/h2-3,16,18-20H,4-14H2,1H3/t18-,19?,20?/m0/s1. The molecule has 0 bridgehead atoms. The van der Waals surface area contributed by atoms with Crippen LogP contribution in [0, 0.1) is 12.8 Å². The number of hydrogen-bond donors (Lipinski definition) is 0. The molecule has 3 saturated heterocycles. The van der Waals surface area contributed by atoms with Gasteiger partial charge < -0.3 is 18.6 Å². The fourth-order valence-electron chi connectivity index (χ4n) is 4.45. The second-order valence-corrected chi connectivity index (χ2v) is 7.81. The van der Waals surface area contributed by atoms with Gasteiger partial charge in [0.05, 0.1) is 25.4 Å². The predicted octanol–water partition coefficient (Wildman–Crippen LogP) is 3.15. The Labute approximate surface area is 150 Å². The third-order valence-corrected chi connectivity index (χ3v) is 5.90. The monoisotopic (exact) mass is 349 g/mol. The van der Waals surface area contributed by atoms with Gasteiger partial charge in [0.25, 0.3) is 0 Å². The van der Waals surface area contributed by atoms with Gasteiger partial charge in [-0.3, -0.25) is 4.90 Å². The van der Waals surface area contributed by atoms with Gasteiger partial charge in [0.15, 0.2) is 0 Å². The van der Waals surface area contributed by atoms with Crippen LogP contribution in [0.3, 0.4) is 0 Å². The van der Waals surface area contributed by atoms with E-state index in [0.29, 0.717) is 18.1 Å². The summed E-state index contributed by atoms with van der Waals surface area (Å²) >= 11 is 0. The van der Waals surface area contributed by atoms with Crippen molar-refractivity contribution in [3.63, 3.8) is 0 Å². The zero-order valence-electron chi connectivity index (χ0n) is 15.3. The molecular weight excluding hydrogens is 318 g/mol. The van der Waals surface area contributed by atoms with Crippen LogP contribution in [0.1, 0.15) is 43.6 Å². The summed E-state index contributed by atoms with van der Waals surface area (Å²) in [7, 11) is 0. The van der Waals surface area contributed by atoms with Crippen LogP contribution in [0.4, 0.5) is 0 Å². The molecule has 0 aromatic carbocycles. The summed E-state index contributed by atoms with van der Waals surface area (Å²) in [5, 5.41) is 0. The Morgan fingerprint density at radius 2 is 1.96 bits per heavy atom. The van der Waals surface area contributed by atoms with Crippen molar-refractivity contribution in [1.82, 2.24) is 4.90 Å². The molecule has 3 atom stereocenters. The smallest absolute Gasteiger partial charge is 0.118 e. The molecule has 1 aromatic rings. The summed E-state index contributed by atoms with van der Waals surface area (Å²) in [6.07, 6.45) is 6.34. The SMILES string of the molecule is Cc1ccc(CN2CCC3O[C@H](COCC4CCOCC4)CCC32)o1. The van der Waals surface area contributed by atoms with Gasteiger partial charge in [-0.15, -0.1) is 0 Å². The van der Waals surface area contributed by atoms with Crippen molar-refractivity contribution in [3.8, 4) is 0 Å². The number of hydrogen-bond acceptors (Lipinski definition) is 5.